The van der Waals surface area contributed by atoms with Crippen LogP contribution in [0.2, 0.25) is 0 Å². The molecule has 3 fully saturated rings. The van der Waals surface area contributed by atoms with E-state index in [4.69, 9.17) is 9.47 Å². The lowest BCUT2D eigenvalue weighted by Crippen LogP contribution is -2.68. The topological polar surface area (TPSA) is 107 Å². The molecule has 7 heteroatoms. The largest absolute Gasteiger partial charge is 0.462 e. The van der Waals surface area contributed by atoms with E-state index in [1.807, 2.05) is 0 Å². The average molecular weight is 447 g/mol. The summed E-state index contributed by atoms with van der Waals surface area (Å²) in [5, 5.41) is 12.1. The van der Waals surface area contributed by atoms with Crippen molar-refractivity contribution in [3.05, 3.63) is 11.6 Å². The smallest absolute Gasteiger partial charge is 0.302 e. The van der Waals surface area contributed by atoms with Gasteiger partial charge in [0.15, 0.2) is 5.78 Å². The lowest BCUT2D eigenvalue weighted by Gasteiger charge is -2.62. The van der Waals surface area contributed by atoms with Crippen LogP contribution in [0.5, 0.6) is 0 Å². The minimum absolute atomic E-state index is 0.0227. The molecule has 0 amide bonds. The maximum Gasteiger partial charge on any atom is 0.302 e. The van der Waals surface area contributed by atoms with E-state index >= 15 is 0 Å². The quantitative estimate of drug-likeness (QED) is 0.525. The number of allylic oxidation sites excluding steroid dienone is 1. The van der Waals surface area contributed by atoms with Crippen molar-refractivity contribution in [2.45, 2.75) is 91.0 Å². The minimum Gasteiger partial charge on any atom is -0.462 e. The lowest BCUT2D eigenvalue weighted by molar-refractivity contribution is -0.228. The third-order valence-electron chi connectivity index (χ3n) is 9.25. The van der Waals surface area contributed by atoms with E-state index in [0.717, 1.165) is 6.42 Å². The first-order chi connectivity index (χ1) is 14.9. The molecule has 0 aromatic rings. The zero-order chi connectivity index (χ0) is 23.6. The highest BCUT2D eigenvalue weighted by atomic mass is 16.5. The fraction of sp³-hybridized carbons (Fsp3) is 0.760. The molecule has 0 spiro atoms. The van der Waals surface area contributed by atoms with Crippen LogP contribution in [-0.2, 0) is 28.7 Å². The fourth-order valence-electron chi connectivity index (χ4n) is 7.65. The molecule has 0 aromatic heterocycles. The number of ether oxygens (including phenoxy) is 2. The zero-order valence-corrected chi connectivity index (χ0v) is 19.6. The predicted octanol–water partition coefficient (Wildman–Crippen LogP) is 2.92. The molecule has 1 N–H and O–H groups in total. The standard InChI is InChI=1S/C25H34O7/c1-13(26)19-11-21(29)25(30)18-7-6-16-10-17(31-14(2)27)8-9-23(16,4)20(18)12-22(24(19,25)5)32-15(3)28/h6,17-20,22,30H,7-12H2,1-5H3/t17-,18-,19+,20-,22+,23-,24-,25+/m0/s1. The van der Waals surface area contributed by atoms with E-state index in [-0.39, 0.29) is 47.3 Å². The van der Waals surface area contributed by atoms with Crippen LogP contribution in [0.25, 0.3) is 0 Å². The number of aliphatic hydroxyl groups is 1. The maximum absolute atomic E-state index is 13.4. The summed E-state index contributed by atoms with van der Waals surface area (Å²) in [7, 11) is 0. The van der Waals surface area contributed by atoms with Crippen molar-refractivity contribution in [3.63, 3.8) is 0 Å². The molecular formula is C25H34O7. The third kappa shape index (κ3) is 3.03. The number of rotatable bonds is 3. The Morgan fingerprint density at radius 1 is 1.03 bits per heavy atom. The number of hydrogen-bond acceptors (Lipinski definition) is 7. The van der Waals surface area contributed by atoms with Crippen LogP contribution in [0.4, 0.5) is 0 Å². The second-order valence-corrected chi connectivity index (χ2v) is 10.7. The van der Waals surface area contributed by atoms with Crippen molar-refractivity contribution in [1.29, 1.82) is 0 Å². The second kappa shape index (κ2) is 7.51. The Hall–Kier alpha value is -2.02. The molecule has 4 aliphatic rings. The Morgan fingerprint density at radius 2 is 1.69 bits per heavy atom. The van der Waals surface area contributed by atoms with Crippen LogP contribution in [0, 0.1) is 28.6 Å². The lowest BCUT2D eigenvalue weighted by atomic mass is 9.44. The van der Waals surface area contributed by atoms with Gasteiger partial charge in [-0.25, -0.2) is 0 Å². The van der Waals surface area contributed by atoms with Crippen LogP contribution in [0.1, 0.15) is 73.1 Å². The van der Waals surface area contributed by atoms with Gasteiger partial charge in [-0.2, -0.15) is 0 Å². The highest BCUT2D eigenvalue weighted by molar-refractivity contribution is 5.98. The Labute approximate surface area is 188 Å². The summed E-state index contributed by atoms with van der Waals surface area (Å²) in [6.07, 6.45) is 4.28. The van der Waals surface area contributed by atoms with Crippen LogP contribution in [0.15, 0.2) is 11.6 Å². The third-order valence-corrected chi connectivity index (χ3v) is 9.25. The molecule has 0 unspecified atom stereocenters. The molecule has 4 rings (SSSR count). The van der Waals surface area contributed by atoms with Crippen molar-refractivity contribution in [1.82, 2.24) is 0 Å². The molecule has 0 radical (unpaired) electrons. The predicted molar refractivity (Wildman–Crippen MR) is 114 cm³/mol. The van der Waals surface area contributed by atoms with Crippen molar-refractivity contribution in [2.75, 3.05) is 0 Å². The van der Waals surface area contributed by atoms with Crippen LogP contribution < -0.4 is 0 Å². The number of hydrogen-bond donors (Lipinski definition) is 1. The first-order valence-corrected chi connectivity index (χ1v) is 11.7. The molecule has 176 valence electrons. The van der Waals surface area contributed by atoms with Crippen molar-refractivity contribution >= 4 is 23.5 Å². The van der Waals surface area contributed by atoms with Gasteiger partial charge < -0.3 is 14.6 Å². The van der Waals surface area contributed by atoms with E-state index < -0.39 is 29.0 Å². The molecule has 7 nitrogen and oxygen atoms in total. The maximum atomic E-state index is 13.4. The number of Topliss-reactive ketones (excluding diaryl/α,β-unsaturated/α-hetero) is 2. The zero-order valence-electron chi connectivity index (χ0n) is 19.6. The van der Waals surface area contributed by atoms with E-state index in [1.54, 1.807) is 6.92 Å². The molecule has 32 heavy (non-hydrogen) atoms. The van der Waals surface area contributed by atoms with Gasteiger partial charge >= 0.3 is 11.9 Å². The number of fused-ring (bicyclic) bond motifs is 5. The molecule has 4 aliphatic carbocycles. The van der Waals surface area contributed by atoms with Gasteiger partial charge in [0.2, 0.25) is 0 Å². The summed E-state index contributed by atoms with van der Waals surface area (Å²) in [6, 6.07) is 0. The minimum atomic E-state index is -1.73. The second-order valence-electron chi connectivity index (χ2n) is 10.7. The molecule has 0 aromatic carbocycles. The first kappa shape index (κ1) is 23.1. The van der Waals surface area contributed by atoms with Gasteiger partial charge in [-0.05, 0) is 43.9 Å². The van der Waals surface area contributed by atoms with Gasteiger partial charge in [0.25, 0.3) is 0 Å². The van der Waals surface area contributed by atoms with Crippen molar-refractivity contribution in [2.24, 2.45) is 28.6 Å². The van der Waals surface area contributed by atoms with Gasteiger partial charge in [0.1, 0.15) is 23.6 Å². The molecule has 0 saturated heterocycles. The Balaban J connectivity index is 1.78. The summed E-state index contributed by atoms with van der Waals surface area (Å²) >= 11 is 0. The number of esters is 2. The normalized spacial score (nSPS) is 45.1. The highest BCUT2D eigenvalue weighted by Crippen LogP contribution is 2.67. The van der Waals surface area contributed by atoms with E-state index in [1.165, 1.54) is 26.3 Å². The van der Waals surface area contributed by atoms with Gasteiger partial charge in [-0.1, -0.05) is 25.5 Å². The average Bonchev–Trinajstić information content (AvgIpc) is 2.90. The molecule has 0 heterocycles. The molecule has 8 atom stereocenters. The number of ketones is 2. The van der Waals surface area contributed by atoms with Crippen molar-refractivity contribution < 1.29 is 33.8 Å². The molecular weight excluding hydrogens is 412 g/mol. The van der Waals surface area contributed by atoms with Crippen LogP contribution in [0.3, 0.4) is 0 Å². The Bertz CT molecular complexity index is 906. The molecule has 3 saturated carbocycles. The highest BCUT2D eigenvalue weighted by Gasteiger charge is 2.75. The van der Waals surface area contributed by atoms with Crippen LogP contribution >= 0.6 is 0 Å². The van der Waals surface area contributed by atoms with Crippen molar-refractivity contribution in [3.8, 4) is 0 Å². The summed E-state index contributed by atoms with van der Waals surface area (Å²) in [6.45, 7) is 8.09. The summed E-state index contributed by atoms with van der Waals surface area (Å²) in [5.41, 5.74) is -2.01. The monoisotopic (exact) mass is 446 g/mol. The van der Waals surface area contributed by atoms with Gasteiger partial charge in [0.05, 0.1) is 5.41 Å². The first-order valence-electron chi connectivity index (χ1n) is 11.7. The van der Waals surface area contributed by atoms with Gasteiger partial charge in [0, 0.05) is 38.5 Å². The summed E-state index contributed by atoms with van der Waals surface area (Å²) in [4.78, 5) is 49.4. The summed E-state index contributed by atoms with van der Waals surface area (Å²) in [5.74, 6) is -2.36. The molecule has 0 bridgehead atoms. The Morgan fingerprint density at radius 3 is 2.28 bits per heavy atom. The fourth-order valence-corrected chi connectivity index (χ4v) is 7.65. The van der Waals surface area contributed by atoms with E-state index in [9.17, 15) is 24.3 Å². The SMILES string of the molecule is CC(=O)O[C@H]1CC[C@@]2(C)C(=CC[C@H]3[C@@H]2C[C@@H](OC(C)=O)[C@]2(C)[C@@H](C(C)=O)CC(=O)[C@]32O)C1. The summed E-state index contributed by atoms with van der Waals surface area (Å²) < 4.78 is 11.2. The Kier molecular flexibility index (Phi) is 5.43. The number of carbonyl (C=O) groups excluding carboxylic acids is 4. The van der Waals surface area contributed by atoms with Gasteiger partial charge in [-0.3, -0.25) is 19.2 Å². The van der Waals surface area contributed by atoms with Crippen LogP contribution in [-0.4, -0.2) is 46.4 Å². The molecule has 0 aliphatic heterocycles. The number of carbonyl (C=O) groups is 4. The van der Waals surface area contributed by atoms with Gasteiger partial charge in [-0.15, -0.1) is 0 Å². The van der Waals surface area contributed by atoms with E-state index in [2.05, 4.69) is 13.0 Å². The van der Waals surface area contributed by atoms with E-state index in [0.29, 0.717) is 25.7 Å².